The van der Waals surface area contributed by atoms with E-state index in [2.05, 4.69) is 240 Å². The molecule has 286 valence electrons. The first kappa shape index (κ1) is 35.2. The lowest BCUT2D eigenvalue weighted by Crippen LogP contribution is -2.10. The van der Waals surface area contributed by atoms with Gasteiger partial charge in [-0.05, 0) is 105 Å². The minimum atomic E-state index is 1.11. The van der Waals surface area contributed by atoms with Crippen LogP contribution in [-0.2, 0) is 0 Å². The molecule has 0 aliphatic heterocycles. The largest absolute Gasteiger partial charge is 0.310 e. The predicted octanol–water partition coefficient (Wildman–Crippen LogP) is 16.8. The summed E-state index contributed by atoms with van der Waals surface area (Å²) in [6.45, 7) is 0. The van der Waals surface area contributed by atoms with E-state index >= 15 is 0 Å². The van der Waals surface area contributed by atoms with Crippen LogP contribution in [0, 0.1) is 0 Å². The maximum absolute atomic E-state index is 2.44. The molecule has 2 aromatic heterocycles. The molecule has 2 heterocycles. The number of nitrogens with zero attached hydrogens (tertiary/aromatic N) is 2. The summed E-state index contributed by atoms with van der Waals surface area (Å²) in [5, 5.41) is 7.58. The van der Waals surface area contributed by atoms with Gasteiger partial charge in [0.2, 0.25) is 0 Å². The molecule has 0 saturated carbocycles. The quantitative estimate of drug-likeness (QED) is 0.156. The molecule has 0 fully saturated rings. The first-order valence-corrected chi connectivity index (χ1v) is 21.7. The topological polar surface area (TPSA) is 8.17 Å². The molecule has 0 aliphatic carbocycles. The van der Waals surface area contributed by atoms with Crippen molar-refractivity contribution in [2.45, 2.75) is 0 Å². The van der Waals surface area contributed by atoms with E-state index in [0.29, 0.717) is 0 Å². The number of aromatic nitrogens is 1. The summed E-state index contributed by atoms with van der Waals surface area (Å²) in [5.74, 6) is 0. The normalized spacial score (nSPS) is 11.6. The molecule has 10 aromatic carbocycles. The molecule has 0 aliphatic rings. The van der Waals surface area contributed by atoms with Crippen LogP contribution in [0.2, 0.25) is 0 Å². The molecule has 0 atom stereocenters. The third-order valence-electron chi connectivity index (χ3n) is 12.2. The van der Waals surface area contributed by atoms with Crippen molar-refractivity contribution >= 4 is 81.1 Å². The highest BCUT2D eigenvalue weighted by Crippen LogP contribution is 2.46. The molecular weight excluding hydrogens is 757 g/mol. The first-order valence-electron chi connectivity index (χ1n) is 20.8. The fraction of sp³-hybridized carbons (Fsp3) is 0. The average Bonchev–Trinajstić information content (AvgIpc) is 3.88. The lowest BCUT2D eigenvalue weighted by atomic mass is 9.97. The van der Waals surface area contributed by atoms with Crippen LogP contribution in [0.15, 0.2) is 231 Å². The SMILES string of the molecule is c1cc(-c2ccc(N(c3cccc(-c4cccc5ccccc45)c3)c3cccc4sc5ccccc5c34)cc2)cc(-c2ccccc2-n2c3ccccc3c3ccccc32)c1. The highest BCUT2D eigenvalue weighted by atomic mass is 32.1. The van der Waals surface area contributed by atoms with Crippen LogP contribution in [0.25, 0.3) is 91.8 Å². The van der Waals surface area contributed by atoms with Crippen LogP contribution in [-0.4, -0.2) is 4.57 Å². The number of benzene rings is 10. The standard InChI is InChI=1S/C58H38N2S/c1-2-21-46-40(15-1)16-13-26-47(46)43-19-12-20-45(38-43)59(55-30-14-32-57-58(55)51-25-6-10-31-56(51)61-57)44-35-33-39(34-36-44)41-17-11-18-42(37-41)48-22-3-7-27-52(48)60-53-28-8-4-23-49(53)50-24-5-9-29-54(50)60/h1-38H. The highest BCUT2D eigenvalue weighted by Gasteiger charge is 2.20. The predicted molar refractivity (Wildman–Crippen MR) is 262 cm³/mol. The maximum atomic E-state index is 2.44. The number of para-hydroxylation sites is 3. The fourth-order valence-electron chi connectivity index (χ4n) is 9.42. The van der Waals surface area contributed by atoms with Crippen LogP contribution < -0.4 is 4.90 Å². The molecule has 61 heavy (non-hydrogen) atoms. The maximum Gasteiger partial charge on any atom is 0.0554 e. The zero-order chi connectivity index (χ0) is 40.3. The second-order valence-corrected chi connectivity index (χ2v) is 16.8. The smallest absolute Gasteiger partial charge is 0.0554 e. The van der Waals surface area contributed by atoms with Gasteiger partial charge in [0.05, 0.1) is 22.4 Å². The average molecular weight is 795 g/mol. The summed E-state index contributed by atoms with van der Waals surface area (Å²) < 4.78 is 5.00. The third kappa shape index (κ3) is 5.93. The summed E-state index contributed by atoms with van der Waals surface area (Å²) in [5.41, 5.74) is 14.1. The van der Waals surface area contributed by atoms with Crippen molar-refractivity contribution in [3.63, 3.8) is 0 Å². The van der Waals surface area contributed by atoms with Gasteiger partial charge in [-0.15, -0.1) is 11.3 Å². The Morgan fingerprint density at radius 1 is 0.344 bits per heavy atom. The van der Waals surface area contributed by atoms with Gasteiger partial charge in [0.15, 0.2) is 0 Å². The van der Waals surface area contributed by atoms with Crippen LogP contribution >= 0.6 is 11.3 Å². The van der Waals surface area contributed by atoms with Crippen molar-refractivity contribution in [2.75, 3.05) is 4.90 Å². The molecule has 0 amide bonds. The van der Waals surface area contributed by atoms with Crippen molar-refractivity contribution in [3.8, 4) is 39.1 Å². The van der Waals surface area contributed by atoms with Crippen LogP contribution in [0.4, 0.5) is 17.1 Å². The van der Waals surface area contributed by atoms with Crippen LogP contribution in [0.1, 0.15) is 0 Å². The molecule has 12 rings (SSSR count). The number of fused-ring (bicyclic) bond motifs is 7. The minimum Gasteiger partial charge on any atom is -0.310 e. The van der Waals surface area contributed by atoms with Crippen molar-refractivity contribution in [3.05, 3.63) is 231 Å². The second-order valence-electron chi connectivity index (χ2n) is 15.7. The van der Waals surface area contributed by atoms with Gasteiger partial charge in [-0.25, -0.2) is 0 Å². The number of anilines is 3. The van der Waals surface area contributed by atoms with Gasteiger partial charge in [-0.2, -0.15) is 0 Å². The van der Waals surface area contributed by atoms with Crippen molar-refractivity contribution in [1.82, 2.24) is 4.57 Å². The van der Waals surface area contributed by atoms with E-state index in [1.165, 1.54) is 97.5 Å². The molecule has 0 bridgehead atoms. The fourth-order valence-corrected chi connectivity index (χ4v) is 10.6. The Bertz CT molecular complexity index is 3550. The molecule has 0 N–H and O–H groups in total. The molecule has 0 unspecified atom stereocenters. The molecule has 12 aromatic rings. The Kier molecular flexibility index (Phi) is 8.39. The van der Waals surface area contributed by atoms with Crippen molar-refractivity contribution in [1.29, 1.82) is 0 Å². The summed E-state index contributed by atoms with van der Waals surface area (Å²) in [7, 11) is 0. The summed E-state index contributed by atoms with van der Waals surface area (Å²) >= 11 is 1.86. The Labute approximate surface area is 358 Å². The number of hydrogen-bond acceptors (Lipinski definition) is 2. The summed E-state index contributed by atoms with van der Waals surface area (Å²) in [6, 6.07) is 84.2. The molecule has 3 heteroatoms. The second kappa shape index (κ2) is 14.5. The van der Waals surface area contributed by atoms with Gasteiger partial charge in [0.1, 0.15) is 0 Å². The molecule has 2 nitrogen and oxygen atoms in total. The van der Waals surface area contributed by atoms with Crippen molar-refractivity contribution in [2.24, 2.45) is 0 Å². The summed E-state index contributed by atoms with van der Waals surface area (Å²) in [4.78, 5) is 2.44. The monoisotopic (exact) mass is 794 g/mol. The number of thiophene rings is 1. The lowest BCUT2D eigenvalue weighted by Gasteiger charge is -2.27. The van der Waals surface area contributed by atoms with E-state index in [4.69, 9.17) is 0 Å². The number of rotatable bonds is 7. The Balaban J connectivity index is 0.978. The zero-order valence-electron chi connectivity index (χ0n) is 33.2. The highest BCUT2D eigenvalue weighted by molar-refractivity contribution is 7.26. The van der Waals surface area contributed by atoms with Crippen LogP contribution in [0.3, 0.4) is 0 Å². The lowest BCUT2D eigenvalue weighted by molar-refractivity contribution is 1.18. The molecule has 0 spiro atoms. The Morgan fingerprint density at radius 3 is 1.74 bits per heavy atom. The van der Waals surface area contributed by atoms with E-state index in [1.807, 2.05) is 11.3 Å². The molecular formula is C58H38N2S. The van der Waals surface area contributed by atoms with E-state index in [9.17, 15) is 0 Å². The van der Waals surface area contributed by atoms with Gasteiger partial charge >= 0.3 is 0 Å². The number of hydrogen-bond donors (Lipinski definition) is 0. The summed E-state index contributed by atoms with van der Waals surface area (Å²) in [6.07, 6.45) is 0. The van der Waals surface area contributed by atoms with E-state index < -0.39 is 0 Å². The first-order chi connectivity index (χ1) is 30.3. The van der Waals surface area contributed by atoms with Gasteiger partial charge in [0.25, 0.3) is 0 Å². The Hall–Kier alpha value is -7.72. The molecule has 0 radical (unpaired) electrons. The Morgan fingerprint density at radius 2 is 0.918 bits per heavy atom. The molecule has 0 saturated heterocycles. The van der Waals surface area contributed by atoms with Crippen LogP contribution in [0.5, 0.6) is 0 Å². The third-order valence-corrected chi connectivity index (χ3v) is 13.3. The van der Waals surface area contributed by atoms with Gasteiger partial charge in [-0.3, -0.25) is 0 Å². The van der Waals surface area contributed by atoms with E-state index in [0.717, 1.165) is 11.4 Å². The van der Waals surface area contributed by atoms with E-state index in [-0.39, 0.29) is 0 Å². The van der Waals surface area contributed by atoms with Gasteiger partial charge < -0.3 is 9.47 Å². The van der Waals surface area contributed by atoms with Crippen molar-refractivity contribution < 1.29 is 0 Å². The van der Waals surface area contributed by atoms with Gasteiger partial charge in [0, 0.05) is 47.9 Å². The van der Waals surface area contributed by atoms with E-state index in [1.54, 1.807) is 0 Å². The minimum absolute atomic E-state index is 1.11. The van der Waals surface area contributed by atoms with Gasteiger partial charge in [-0.1, -0.05) is 164 Å². The zero-order valence-corrected chi connectivity index (χ0v) is 34.1.